The number of halogens is 2. The molecule has 1 aliphatic heterocycles. The number of ketones is 1. The number of benzene rings is 3. The molecule has 0 saturated carbocycles. The van der Waals surface area contributed by atoms with Gasteiger partial charge in [0, 0.05) is 17.5 Å². The van der Waals surface area contributed by atoms with Crippen molar-refractivity contribution in [2.45, 2.75) is 18.7 Å². The molecule has 32 heavy (non-hydrogen) atoms. The van der Waals surface area contributed by atoms with E-state index >= 15 is 0 Å². The summed E-state index contributed by atoms with van der Waals surface area (Å²) in [7, 11) is -2.72. The highest BCUT2D eigenvalue weighted by molar-refractivity contribution is 7.96. The molecule has 0 aromatic heterocycles. The summed E-state index contributed by atoms with van der Waals surface area (Å²) in [6.07, 6.45) is 1.22. The molecule has 0 saturated heterocycles. The molecule has 0 spiro atoms. The molecule has 164 valence electrons. The van der Waals surface area contributed by atoms with Crippen molar-refractivity contribution in [2.75, 3.05) is 12.0 Å². The van der Waals surface area contributed by atoms with Crippen molar-refractivity contribution in [3.63, 3.8) is 0 Å². The zero-order chi connectivity index (χ0) is 23.2. The lowest BCUT2D eigenvalue weighted by atomic mass is 10.0. The minimum absolute atomic E-state index is 0.0865. The molecule has 0 amide bonds. The smallest absolute Gasteiger partial charge is 0.214 e. The summed E-state index contributed by atoms with van der Waals surface area (Å²) in [4.78, 5) is 14.2. The van der Waals surface area contributed by atoms with Crippen molar-refractivity contribution in [3.8, 4) is 5.75 Å². The van der Waals surface area contributed by atoms with E-state index in [2.05, 4.69) is 0 Å². The van der Waals surface area contributed by atoms with Gasteiger partial charge in [0.25, 0.3) is 0 Å². The van der Waals surface area contributed by atoms with E-state index in [4.69, 9.17) is 16.3 Å². The van der Waals surface area contributed by atoms with Crippen LogP contribution in [0.3, 0.4) is 0 Å². The van der Waals surface area contributed by atoms with Crippen LogP contribution in [0.1, 0.15) is 21.5 Å². The van der Waals surface area contributed by atoms with Gasteiger partial charge in [0.1, 0.15) is 16.5 Å². The maximum absolute atomic E-state index is 14.1. The van der Waals surface area contributed by atoms with E-state index in [0.29, 0.717) is 17.0 Å². The van der Waals surface area contributed by atoms with Crippen LogP contribution in [0.5, 0.6) is 5.75 Å². The van der Waals surface area contributed by atoms with Crippen LogP contribution < -0.4 is 9.64 Å². The standard InChI is InChI=1S/C24H19ClFNO4S/c1-14-4-7-18(15(2)10-14)24(28)23-13-27(17-6-8-21(31-3)19(25)12-17)20-11-16(26)5-9-22(20)32(23,29)30/h4-13H,1-3H3. The molecule has 3 aromatic rings. The van der Waals surface area contributed by atoms with Gasteiger partial charge in [0.05, 0.1) is 22.7 Å². The Hall–Kier alpha value is -3.16. The van der Waals surface area contributed by atoms with E-state index in [1.165, 1.54) is 24.3 Å². The van der Waals surface area contributed by atoms with E-state index in [1.807, 2.05) is 13.0 Å². The maximum atomic E-state index is 14.1. The minimum atomic E-state index is -4.19. The number of hydrogen-bond donors (Lipinski definition) is 0. The number of allylic oxidation sites excluding steroid dienone is 1. The third-order valence-electron chi connectivity index (χ3n) is 5.27. The molecular weight excluding hydrogens is 453 g/mol. The second-order valence-corrected chi connectivity index (χ2v) is 9.74. The van der Waals surface area contributed by atoms with Gasteiger partial charge in [-0.1, -0.05) is 35.4 Å². The maximum Gasteiger partial charge on any atom is 0.214 e. The van der Waals surface area contributed by atoms with E-state index in [0.717, 1.165) is 17.7 Å². The molecule has 8 heteroatoms. The van der Waals surface area contributed by atoms with Crippen LogP contribution in [0.15, 0.2) is 70.6 Å². The number of methoxy groups -OCH3 is 1. The van der Waals surface area contributed by atoms with E-state index < -0.39 is 26.3 Å². The number of carbonyl (C=O) groups is 1. The summed E-state index contributed by atoms with van der Waals surface area (Å²) in [5.41, 5.74) is 2.43. The number of carbonyl (C=O) groups excluding carboxylic acids is 1. The molecule has 5 nitrogen and oxygen atoms in total. The lowest BCUT2D eigenvalue weighted by Gasteiger charge is -2.29. The van der Waals surface area contributed by atoms with Crippen LogP contribution in [0.2, 0.25) is 5.02 Å². The number of Topliss-reactive ketones (excluding diaryl/α,β-unsaturated/α-hetero) is 1. The summed E-state index contributed by atoms with van der Waals surface area (Å²) in [6.45, 7) is 3.64. The molecule has 0 N–H and O–H groups in total. The molecule has 0 bridgehead atoms. The van der Waals surface area contributed by atoms with Crippen molar-refractivity contribution < 1.29 is 22.3 Å². The number of rotatable bonds is 4. The molecule has 1 heterocycles. The Morgan fingerprint density at radius 3 is 2.44 bits per heavy atom. The van der Waals surface area contributed by atoms with Gasteiger partial charge in [-0.2, -0.15) is 0 Å². The van der Waals surface area contributed by atoms with Gasteiger partial charge >= 0.3 is 0 Å². The highest BCUT2D eigenvalue weighted by Crippen LogP contribution is 2.42. The molecule has 3 aromatic carbocycles. The monoisotopic (exact) mass is 471 g/mol. The molecule has 0 aliphatic carbocycles. The molecular formula is C24H19ClFNO4S. The highest BCUT2D eigenvalue weighted by atomic mass is 35.5. The predicted molar refractivity (Wildman–Crippen MR) is 122 cm³/mol. The van der Waals surface area contributed by atoms with Crippen molar-refractivity contribution in [1.29, 1.82) is 0 Å². The lowest BCUT2D eigenvalue weighted by molar-refractivity contribution is 0.104. The van der Waals surface area contributed by atoms with E-state index in [9.17, 15) is 17.6 Å². The summed E-state index contributed by atoms with van der Waals surface area (Å²) in [5, 5.41) is 0.284. The van der Waals surface area contributed by atoms with Crippen LogP contribution >= 0.6 is 11.6 Å². The van der Waals surface area contributed by atoms with Crippen molar-refractivity contribution in [3.05, 3.63) is 93.2 Å². The topological polar surface area (TPSA) is 63.7 Å². The number of fused-ring (bicyclic) bond motifs is 1. The first-order valence-electron chi connectivity index (χ1n) is 9.64. The molecule has 1 aliphatic rings. The fraction of sp³-hybridized carbons (Fsp3) is 0.125. The van der Waals surface area contributed by atoms with Crippen LogP contribution in [-0.2, 0) is 9.84 Å². The quantitative estimate of drug-likeness (QED) is 0.358. The van der Waals surface area contributed by atoms with E-state index in [1.54, 1.807) is 37.3 Å². The van der Waals surface area contributed by atoms with Crippen LogP contribution in [-0.4, -0.2) is 21.3 Å². The first kappa shape index (κ1) is 22.0. The molecule has 0 atom stereocenters. The van der Waals surface area contributed by atoms with Crippen molar-refractivity contribution in [2.24, 2.45) is 0 Å². The number of aryl methyl sites for hydroxylation is 2. The van der Waals surface area contributed by atoms with Crippen molar-refractivity contribution in [1.82, 2.24) is 0 Å². The third-order valence-corrected chi connectivity index (χ3v) is 7.36. The zero-order valence-corrected chi connectivity index (χ0v) is 19.1. The number of hydrogen-bond acceptors (Lipinski definition) is 5. The fourth-order valence-electron chi connectivity index (χ4n) is 3.68. The zero-order valence-electron chi connectivity index (χ0n) is 17.5. The fourth-order valence-corrected chi connectivity index (χ4v) is 5.45. The first-order chi connectivity index (χ1) is 15.1. The Kier molecular flexibility index (Phi) is 5.56. The first-order valence-corrected chi connectivity index (χ1v) is 11.5. The van der Waals surface area contributed by atoms with Gasteiger partial charge in [-0.15, -0.1) is 0 Å². The second-order valence-electron chi connectivity index (χ2n) is 7.45. The van der Waals surface area contributed by atoms with Gasteiger partial charge in [-0.3, -0.25) is 4.79 Å². The molecule has 4 rings (SSSR count). The SMILES string of the molecule is COc1ccc(N2C=C(C(=O)c3ccc(C)cc3C)S(=O)(=O)c3ccc(F)cc32)cc1Cl. The number of sulfone groups is 1. The van der Waals surface area contributed by atoms with E-state index in [-0.39, 0.29) is 21.2 Å². The molecule has 0 radical (unpaired) electrons. The van der Waals surface area contributed by atoms with Gasteiger partial charge < -0.3 is 9.64 Å². The number of anilines is 2. The normalized spacial score (nSPS) is 14.5. The van der Waals surface area contributed by atoms with Gasteiger partial charge in [-0.25, -0.2) is 12.8 Å². The lowest BCUT2D eigenvalue weighted by Crippen LogP contribution is -2.26. The Labute approximate surface area is 190 Å². The van der Waals surface area contributed by atoms with Gasteiger partial charge in [0.2, 0.25) is 15.6 Å². The minimum Gasteiger partial charge on any atom is -0.495 e. The molecule has 0 unspecified atom stereocenters. The molecule has 0 fully saturated rings. The third kappa shape index (κ3) is 3.67. The Bertz CT molecular complexity index is 1400. The number of nitrogens with zero attached hydrogens (tertiary/aromatic N) is 1. The highest BCUT2D eigenvalue weighted by Gasteiger charge is 2.37. The Morgan fingerprint density at radius 2 is 1.78 bits per heavy atom. The van der Waals surface area contributed by atoms with Crippen molar-refractivity contribution >= 4 is 38.6 Å². The Morgan fingerprint density at radius 1 is 1.03 bits per heavy atom. The van der Waals surface area contributed by atoms with Crippen LogP contribution in [0.25, 0.3) is 0 Å². The van der Waals surface area contributed by atoms with Crippen LogP contribution in [0.4, 0.5) is 15.8 Å². The van der Waals surface area contributed by atoms with Crippen LogP contribution in [0, 0.1) is 19.7 Å². The Balaban J connectivity index is 1.95. The summed E-state index contributed by atoms with van der Waals surface area (Å²) >= 11 is 6.26. The average molecular weight is 472 g/mol. The summed E-state index contributed by atoms with van der Waals surface area (Å²) in [5.74, 6) is -0.821. The largest absolute Gasteiger partial charge is 0.495 e. The predicted octanol–water partition coefficient (Wildman–Crippen LogP) is 5.75. The average Bonchev–Trinajstić information content (AvgIpc) is 2.73. The second kappa shape index (κ2) is 8.07. The summed E-state index contributed by atoms with van der Waals surface area (Å²) < 4.78 is 46.0. The summed E-state index contributed by atoms with van der Waals surface area (Å²) in [6, 6.07) is 13.3. The van der Waals surface area contributed by atoms with Gasteiger partial charge in [0.15, 0.2) is 0 Å². The van der Waals surface area contributed by atoms with Gasteiger partial charge in [-0.05, 0) is 55.8 Å². The number of ether oxygens (including phenoxy) is 1.